The van der Waals surface area contributed by atoms with Crippen LogP contribution in [0.25, 0.3) is 0 Å². The topological polar surface area (TPSA) is 0 Å². The smallest absolute Gasteiger partial charge is 0.0214 e. The van der Waals surface area contributed by atoms with Gasteiger partial charge in [-0.05, 0) is 33.1 Å². The molecule has 0 saturated heterocycles. The van der Waals surface area contributed by atoms with Crippen molar-refractivity contribution in [1.29, 1.82) is 0 Å². The van der Waals surface area contributed by atoms with Gasteiger partial charge in [0.05, 0.1) is 0 Å². The Balaban J connectivity index is 2.61. The molecule has 0 aromatic carbocycles. The molecule has 0 unspecified atom stereocenters. The Bertz CT molecular complexity index is 195. The van der Waals surface area contributed by atoms with E-state index < -0.39 is 0 Å². The molecule has 0 nitrogen and oxygen atoms in total. The molecule has 0 spiro atoms. The third kappa shape index (κ3) is 2.48. The lowest BCUT2D eigenvalue weighted by molar-refractivity contribution is 1.03. The molecule has 62 valence electrons. The molecule has 1 rings (SSSR count). The van der Waals surface area contributed by atoms with Gasteiger partial charge in [-0.1, -0.05) is 38.7 Å². The summed E-state index contributed by atoms with van der Waals surface area (Å²) in [5.74, 6) is 0. The van der Waals surface area contributed by atoms with Crippen LogP contribution in [0.15, 0.2) is 22.8 Å². The first kappa shape index (κ1) is 9.05. The van der Waals surface area contributed by atoms with E-state index in [0.29, 0.717) is 0 Å². The molecular weight excluding hydrogens is 200 g/mol. The van der Waals surface area contributed by atoms with Crippen molar-refractivity contribution >= 4 is 15.9 Å². The van der Waals surface area contributed by atoms with E-state index in [9.17, 15) is 0 Å². The van der Waals surface area contributed by atoms with Crippen LogP contribution in [0.4, 0.5) is 0 Å². The molecule has 0 aromatic rings. The molecular formula is C10H15Br. The molecule has 1 heteroatoms. The lowest BCUT2D eigenvalue weighted by Crippen LogP contribution is -1.76. The molecule has 0 aromatic heterocycles. The van der Waals surface area contributed by atoms with Gasteiger partial charge in [0, 0.05) is 5.33 Å². The van der Waals surface area contributed by atoms with Crippen LogP contribution >= 0.6 is 15.9 Å². The molecule has 0 aliphatic heterocycles. The van der Waals surface area contributed by atoms with Gasteiger partial charge < -0.3 is 0 Å². The van der Waals surface area contributed by atoms with E-state index >= 15 is 0 Å². The van der Waals surface area contributed by atoms with Crippen molar-refractivity contribution < 1.29 is 0 Å². The molecule has 11 heavy (non-hydrogen) atoms. The van der Waals surface area contributed by atoms with Gasteiger partial charge in [-0.25, -0.2) is 0 Å². The number of halogens is 1. The van der Waals surface area contributed by atoms with Crippen molar-refractivity contribution in [1.82, 2.24) is 0 Å². The molecule has 0 radical (unpaired) electrons. The van der Waals surface area contributed by atoms with Crippen LogP contribution in [0, 0.1) is 0 Å². The van der Waals surface area contributed by atoms with Gasteiger partial charge in [0.25, 0.3) is 0 Å². The van der Waals surface area contributed by atoms with Crippen LogP contribution in [0.1, 0.15) is 33.1 Å². The average Bonchev–Trinajstić information content (AvgIpc) is 2.37. The summed E-state index contributed by atoms with van der Waals surface area (Å²) in [7, 11) is 0. The Morgan fingerprint density at radius 2 is 2.18 bits per heavy atom. The highest BCUT2D eigenvalue weighted by Gasteiger charge is 2.12. The second-order valence-electron chi connectivity index (χ2n) is 3.30. The van der Waals surface area contributed by atoms with Gasteiger partial charge in [-0.2, -0.15) is 0 Å². The van der Waals surface area contributed by atoms with Gasteiger partial charge in [0.1, 0.15) is 0 Å². The monoisotopic (exact) mass is 214 g/mol. The first-order valence-electron chi connectivity index (χ1n) is 4.13. The van der Waals surface area contributed by atoms with Crippen molar-refractivity contribution in [3.8, 4) is 0 Å². The molecule has 0 amide bonds. The molecule has 0 atom stereocenters. The van der Waals surface area contributed by atoms with Crippen molar-refractivity contribution in [2.75, 3.05) is 5.33 Å². The molecule has 0 bridgehead atoms. The highest BCUT2D eigenvalue weighted by molar-refractivity contribution is 9.09. The second kappa shape index (κ2) is 4.10. The van der Waals surface area contributed by atoms with Crippen molar-refractivity contribution in [2.24, 2.45) is 0 Å². The lowest BCUT2D eigenvalue weighted by atomic mass is 10.1. The molecule has 1 aliphatic carbocycles. The van der Waals surface area contributed by atoms with E-state index in [4.69, 9.17) is 0 Å². The van der Waals surface area contributed by atoms with Gasteiger partial charge >= 0.3 is 0 Å². The van der Waals surface area contributed by atoms with Gasteiger partial charge in [-0.3, -0.25) is 0 Å². The highest BCUT2D eigenvalue weighted by atomic mass is 79.9. The zero-order chi connectivity index (χ0) is 8.27. The number of alkyl halides is 1. The van der Waals surface area contributed by atoms with Crippen LogP contribution in [0.3, 0.4) is 0 Å². The van der Waals surface area contributed by atoms with Crippen LogP contribution in [-0.4, -0.2) is 5.33 Å². The number of hydrogen-bond acceptors (Lipinski definition) is 0. The summed E-state index contributed by atoms with van der Waals surface area (Å²) < 4.78 is 0. The zero-order valence-electron chi connectivity index (χ0n) is 7.28. The summed E-state index contributed by atoms with van der Waals surface area (Å²) >= 11 is 3.42. The van der Waals surface area contributed by atoms with E-state index in [1.54, 1.807) is 11.1 Å². The predicted molar refractivity (Wildman–Crippen MR) is 54.1 cm³/mol. The summed E-state index contributed by atoms with van der Waals surface area (Å²) in [5.41, 5.74) is 4.78. The SMILES string of the molecule is CC(C)=C1CC/C(=C/CBr)C1. The van der Waals surface area contributed by atoms with E-state index in [2.05, 4.69) is 35.9 Å². The van der Waals surface area contributed by atoms with Gasteiger partial charge in [-0.15, -0.1) is 0 Å². The normalized spacial score (nSPS) is 21.4. The standard InChI is InChI=1S/C10H15Br/c1-8(2)10-4-3-9(7-10)5-6-11/h5H,3-4,6-7H2,1-2H3/b9-5-. The zero-order valence-corrected chi connectivity index (χ0v) is 8.87. The summed E-state index contributed by atoms with van der Waals surface area (Å²) in [6.45, 7) is 4.43. The minimum Gasteiger partial charge on any atom is -0.0883 e. The summed E-state index contributed by atoms with van der Waals surface area (Å²) in [5, 5.41) is 1.01. The van der Waals surface area contributed by atoms with Crippen LogP contribution in [0.2, 0.25) is 0 Å². The van der Waals surface area contributed by atoms with E-state index in [1.165, 1.54) is 24.8 Å². The number of hydrogen-bond donors (Lipinski definition) is 0. The Hall–Kier alpha value is -0.0400. The lowest BCUT2D eigenvalue weighted by Gasteiger charge is -1.96. The van der Waals surface area contributed by atoms with E-state index in [1.807, 2.05) is 0 Å². The minimum absolute atomic E-state index is 1.01. The molecule has 1 aliphatic rings. The fraction of sp³-hybridized carbons (Fsp3) is 0.600. The van der Waals surface area contributed by atoms with Gasteiger partial charge in [0.15, 0.2) is 0 Å². The van der Waals surface area contributed by atoms with Crippen molar-refractivity contribution in [2.45, 2.75) is 33.1 Å². The fourth-order valence-electron chi connectivity index (χ4n) is 1.47. The molecule has 1 saturated carbocycles. The van der Waals surface area contributed by atoms with Crippen molar-refractivity contribution in [3.63, 3.8) is 0 Å². The Kier molecular flexibility index (Phi) is 3.38. The molecule has 1 fully saturated rings. The van der Waals surface area contributed by atoms with Crippen LogP contribution < -0.4 is 0 Å². The summed E-state index contributed by atoms with van der Waals surface area (Å²) in [6, 6.07) is 0. The Morgan fingerprint density at radius 3 is 2.64 bits per heavy atom. The second-order valence-corrected chi connectivity index (χ2v) is 3.94. The maximum absolute atomic E-state index is 3.42. The maximum Gasteiger partial charge on any atom is 0.0214 e. The quantitative estimate of drug-likeness (QED) is 0.460. The average molecular weight is 215 g/mol. The molecule has 0 N–H and O–H groups in total. The van der Waals surface area contributed by atoms with E-state index in [-0.39, 0.29) is 0 Å². The van der Waals surface area contributed by atoms with E-state index in [0.717, 1.165) is 5.33 Å². The predicted octanol–water partition coefficient (Wildman–Crippen LogP) is 3.83. The van der Waals surface area contributed by atoms with Crippen LogP contribution in [-0.2, 0) is 0 Å². The highest BCUT2D eigenvalue weighted by Crippen LogP contribution is 2.31. The largest absolute Gasteiger partial charge is 0.0883 e. The first-order valence-corrected chi connectivity index (χ1v) is 5.25. The first-order chi connectivity index (χ1) is 5.24. The fourth-order valence-corrected chi connectivity index (χ4v) is 1.93. The molecule has 0 heterocycles. The summed E-state index contributed by atoms with van der Waals surface area (Å²) in [6.07, 6.45) is 6.11. The number of allylic oxidation sites excluding steroid dienone is 4. The van der Waals surface area contributed by atoms with Gasteiger partial charge in [0.2, 0.25) is 0 Å². The third-order valence-corrected chi connectivity index (χ3v) is 2.59. The Labute approximate surface area is 77.5 Å². The minimum atomic E-state index is 1.01. The Morgan fingerprint density at radius 1 is 1.45 bits per heavy atom. The van der Waals surface area contributed by atoms with Crippen molar-refractivity contribution in [3.05, 3.63) is 22.8 Å². The summed E-state index contributed by atoms with van der Waals surface area (Å²) in [4.78, 5) is 0. The van der Waals surface area contributed by atoms with Crippen LogP contribution in [0.5, 0.6) is 0 Å². The third-order valence-electron chi connectivity index (χ3n) is 2.26. The number of rotatable bonds is 1. The maximum atomic E-state index is 3.42.